The zero-order valence-electron chi connectivity index (χ0n) is 13.8. The Balaban J connectivity index is 0.000000204. The Morgan fingerprint density at radius 3 is 2.05 bits per heavy atom. The number of halogens is 2. The topological polar surface area (TPSA) is 0 Å². The first-order valence-electron chi connectivity index (χ1n) is 8.82. The molecule has 0 nitrogen and oxygen atoms in total. The lowest BCUT2D eigenvalue weighted by Crippen LogP contribution is -2.13. The van der Waals surface area contributed by atoms with Crippen LogP contribution in [-0.4, -0.2) is 5.92 Å². The molecule has 0 spiro atoms. The van der Waals surface area contributed by atoms with Gasteiger partial charge in [-0.1, -0.05) is 65.7 Å². The van der Waals surface area contributed by atoms with E-state index in [1.165, 1.54) is 32.1 Å². The lowest BCUT2D eigenvalue weighted by molar-refractivity contribution is -0.0148. The van der Waals surface area contributed by atoms with Crippen LogP contribution in [0.2, 0.25) is 0 Å². The molecule has 120 valence electrons. The van der Waals surface area contributed by atoms with Gasteiger partial charge in [-0.2, -0.15) is 0 Å². The molecule has 2 rings (SSSR count). The van der Waals surface area contributed by atoms with Gasteiger partial charge in [0.25, 0.3) is 0 Å². The molecule has 0 amide bonds. The van der Waals surface area contributed by atoms with Crippen molar-refractivity contribution < 1.29 is 8.78 Å². The van der Waals surface area contributed by atoms with E-state index in [1.807, 2.05) is 0 Å². The van der Waals surface area contributed by atoms with E-state index in [0.717, 1.165) is 31.1 Å². The van der Waals surface area contributed by atoms with Gasteiger partial charge in [-0.25, -0.2) is 8.78 Å². The molecule has 0 aromatic heterocycles. The van der Waals surface area contributed by atoms with E-state index in [0.29, 0.717) is 12.3 Å². The maximum Gasteiger partial charge on any atom is 0.248 e. The fourth-order valence-electron chi connectivity index (χ4n) is 3.54. The minimum atomic E-state index is -2.36. The summed E-state index contributed by atoms with van der Waals surface area (Å²) in [7, 11) is 0. The van der Waals surface area contributed by atoms with Crippen molar-refractivity contribution in [3.63, 3.8) is 0 Å². The van der Waals surface area contributed by atoms with E-state index >= 15 is 0 Å². The van der Waals surface area contributed by atoms with Gasteiger partial charge in [0, 0.05) is 12.8 Å². The van der Waals surface area contributed by atoms with Gasteiger partial charge < -0.3 is 0 Å². The summed E-state index contributed by atoms with van der Waals surface area (Å²) in [6.07, 6.45) is 11.2. The standard InChI is InChI=1S/C9H16F2.C9H18/c1-2-8-4-3-6-9(10,11)7-5-8;1-8(2)9-6-4-3-5-7-9/h8H,2-7H2,1H3;8-9H,3-7H2,1-2H3. The smallest absolute Gasteiger partial charge is 0.207 e. The average Bonchev–Trinajstić information content (AvgIpc) is 2.61. The summed E-state index contributed by atoms with van der Waals surface area (Å²) < 4.78 is 25.5. The van der Waals surface area contributed by atoms with Crippen molar-refractivity contribution in [3.05, 3.63) is 0 Å². The van der Waals surface area contributed by atoms with Crippen molar-refractivity contribution >= 4 is 0 Å². The van der Waals surface area contributed by atoms with Crippen molar-refractivity contribution in [1.29, 1.82) is 0 Å². The maximum absolute atomic E-state index is 12.8. The number of alkyl halides is 2. The van der Waals surface area contributed by atoms with Crippen molar-refractivity contribution in [1.82, 2.24) is 0 Å². The molecule has 0 aliphatic heterocycles. The number of hydrogen-bond acceptors (Lipinski definition) is 0. The highest BCUT2D eigenvalue weighted by Gasteiger charge is 2.31. The third-order valence-corrected chi connectivity index (χ3v) is 5.24. The van der Waals surface area contributed by atoms with E-state index in [1.54, 1.807) is 0 Å². The van der Waals surface area contributed by atoms with Crippen LogP contribution in [0.1, 0.15) is 91.4 Å². The molecule has 0 bridgehead atoms. The first-order chi connectivity index (χ1) is 9.44. The molecule has 0 aromatic carbocycles. The second-order valence-corrected chi connectivity index (χ2v) is 7.20. The van der Waals surface area contributed by atoms with E-state index in [-0.39, 0.29) is 12.8 Å². The first-order valence-corrected chi connectivity index (χ1v) is 8.82. The van der Waals surface area contributed by atoms with Gasteiger partial charge in [0.05, 0.1) is 0 Å². The van der Waals surface area contributed by atoms with Crippen LogP contribution in [0.15, 0.2) is 0 Å². The lowest BCUT2D eigenvalue weighted by Gasteiger charge is -2.24. The largest absolute Gasteiger partial charge is 0.248 e. The Morgan fingerprint density at radius 1 is 0.900 bits per heavy atom. The van der Waals surface area contributed by atoms with E-state index in [9.17, 15) is 8.78 Å². The molecule has 1 unspecified atom stereocenters. The van der Waals surface area contributed by atoms with Crippen molar-refractivity contribution in [3.8, 4) is 0 Å². The predicted molar refractivity (Wildman–Crippen MR) is 83.2 cm³/mol. The van der Waals surface area contributed by atoms with E-state index < -0.39 is 5.92 Å². The molecular formula is C18H34F2. The van der Waals surface area contributed by atoms with Gasteiger partial charge in [0.1, 0.15) is 0 Å². The molecule has 20 heavy (non-hydrogen) atoms. The summed E-state index contributed by atoms with van der Waals surface area (Å²) in [6.45, 7) is 6.81. The molecule has 0 saturated heterocycles. The summed E-state index contributed by atoms with van der Waals surface area (Å²) >= 11 is 0. The fraction of sp³-hybridized carbons (Fsp3) is 1.00. The molecule has 0 heterocycles. The van der Waals surface area contributed by atoms with Crippen LogP contribution in [-0.2, 0) is 0 Å². The van der Waals surface area contributed by atoms with Crippen molar-refractivity contribution in [2.75, 3.05) is 0 Å². The maximum atomic E-state index is 12.8. The van der Waals surface area contributed by atoms with Crippen LogP contribution in [0.5, 0.6) is 0 Å². The molecule has 0 N–H and O–H groups in total. The van der Waals surface area contributed by atoms with E-state index in [4.69, 9.17) is 0 Å². The fourth-order valence-corrected chi connectivity index (χ4v) is 3.54. The SMILES string of the molecule is CC(C)C1CCCCC1.CCC1CCCC(F)(F)CC1. The summed E-state index contributed by atoms with van der Waals surface area (Å²) in [5.74, 6) is 0.191. The molecular weight excluding hydrogens is 254 g/mol. The quantitative estimate of drug-likeness (QED) is 0.488. The first kappa shape index (κ1) is 17.9. The summed E-state index contributed by atoms with van der Waals surface area (Å²) in [5, 5.41) is 0. The van der Waals surface area contributed by atoms with E-state index in [2.05, 4.69) is 20.8 Å². The Labute approximate surface area is 124 Å². The highest BCUT2D eigenvalue weighted by atomic mass is 19.3. The van der Waals surface area contributed by atoms with Crippen LogP contribution < -0.4 is 0 Å². The van der Waals surface area contributed by atoms with Crippen LogP contribution in [0.4, 0.5) is 8.78 Å². The van der Waals surface area contributed by atoms with Gasteiger partial charge in [0.2, 0.25) is 5.92 Å². The number of hydrogen-bond donors (Lipinski definition) is 0. The van der Waals surface area contributed by atoms with Gasteiger partial charge in [-0.3, -0.25) is 0 Å². The van der Waals surface area contributed by atoms with Crippen LogP contribution in [0, 0.1) is 17.8 Å². The second-order valence-electron chi connectivity index (χ2n) is 7.20. The predicted octanol–water partition coefficient (Wildman–Crippen LogP) is 6.83. The summed E-state index contributed by atoms with van der Waals surface area (Å²) in [5.41, 5.74) is 0. The van der Waals surface area contributed by atoms with Crippen molar-refractivity contribution in [2.24, 2.45) is 17.8 Å². The molecule has 0 radical (unpaired) electrons. The lowest BCUT2D eigenvalue weighted by atomic mass is 9.82. The molecule has 2 aliphatic rings. The Morgan fingerprint density at radius 2 is 1.55 bits per heavy atom. The molecule has 2 saturated carbocycles. The molecule has 2 heteroatoms. The minimum Gasteiger partial charge on any atom is -0.207 e. The van der Waals surface area contributed by atoms with Gasteiger partial charge in [-0.15, -0.1) is 0 Å². The van der Waals surface area contributed by atoms with Crippen LogP contribution >= 0.6 is 0 Å². The van der Waals surface area contributed by atoms with Gasteiger partial charge >= 0.3 is 0 Å². The molecule has 1 atom stereocenters. The Kier molecular flexibility index (Phi) is 8.06. The normalized spacial score (nSPS) is 27.6. The average molecular weight is 288 g/mol. The summed E-state index contributed by atoms with van der Waals surface area (Å²) in [4.78, 5) is 0. The highest BCUT2D eigenvalue weighted by molar-refractivity contribution is 4.74. The molecule has 2 aliphatic carbocycles. The monoisotopic (exact) mass is 288 g/mol. The Hall–Kier alpha value is -0.140. The minimum absolute atomic E-state index is 0.115. The van der Waals surface area contributed by atoms with Crippen LogP contribution in [0.25, 0.3) is 0 Å². The third-order valence-electron chi connectivity index (χ3n) is 5.24. The zero-order chi connectivity index (χ0) is 15.0. The summed E-state index contributed by atoms with van der Waals surface area (Å²) in [6, 6.07) is 0. The van der Waals surface area contributed by atoms with Crippen molar-refractivity contribution in [2.45, 2.75) is 97.3 Å². The van der Waals surface area contributed by atoms with Gasteiger partial charge in [-0.05, 0) is 30.6 Å². The zero-order valence-corrected chi connectivity index (χ0v) is 13.8. The third kappa shape index (κ3) is 7.04. The highest BCUT2D eigenvalue weighted by Crippen LogP contribution is 2.35. The molecule has 0 aromatic rings. The Bertz CT molecular complexity index is 242. The molecule has 2 fully saturated rings. The second kappa shape index (κ2) is 9.00. The van der Waals surface area contributed by atoms with Crippen LogP contribution in [0.3, 0.4) is 0 Å². The number of rotatable bonds is 2. The van der Waals surface area contributed by atoms with Gasteiger partial charge in [0.15, 0.2) is 0 Å².